The van der Waals surface area contributed by atoms with Crippen LogP contribution in [0.3, 0.4) is 0 Å². The van der Waals surface area contributed by atoms with Crippen molar-refractivity contribution in [2.45, 2.75) is 38.4 Å². The molecule has 0 N–H and O–H groups in total. The molecule has 2 fully saturated rings. The highest BCUT2D eigenvalue weighted by molar-refractivity contribution is 5.53. The van der Waals surface area contributed by atoms with Crippen LogP contribution in [0.4, 0.5) is 0 Å². The number of hydrogen-bond donors (Lipinski definition) is 0. The molecule has 0 amide bonds. The smallest absolute Gasteiger partial charge is 0.203 e. The van der Waals surface area contributed by atoms with Gasteiger partial charge in [-0.1, -0.05) is 0 Å². The van der Waals surface area contributed by atoms with Gasteiger partial charge in [-0.25, -0.2) is 0 Å². The van der Waals surface area contributed by atoms with Gasteiger partial charge in [-0.2, -0.15) is 0 Å². The summed E-state index contributed by atoms with van der Waals surface area (Å²) in [5.74, 6) is 2.12. The fraction of sp³-hybridized carbons (Fsp3) is 0.667. The average molecular weight is 320 g/mol. The van der Waals surface area contributed by atoms with E-state index in [0.717, 1.165) is 30.6 Å². The minimum atomic E-state index is 0.573. The average Bonchev–Trinajstić information content (AvgIpc) is 3.01. The van der Waals surface area contributed by atoms with E-state index >= 15 is 0 Å². The van der Waals surface area contributed by atoms with Crippen LogP contribution in [0.25, 0.3) is 0 Å². The standard InChI is InChI=1S/C18H28N2O3/c1-13-10-19-7-5-6-15(19)12-20(13)11-14-8-16(21-2)18(23-4)17(9-14)22-3/h8-9,13,15H,5-7,10-12H2,1-4H3/t13-,15?/m0/s1. The maximum Gasteiger partial charge on any atom is 0.203 e. The number of methoxy groups -OCH3 is 3. The summed E-state index contributed by atoms with van der Waals surface area (Å²) in [5, 5.41) is 0. The monoisotopic (exact) mass is 320 g/mol. The number of benzene rings is 1. The minimum absolute atomic E-state index is 0.573. The lowest BCUT2D eigenvalue weighted by Crippen LogP contribution is -2.54. The summed E-state index contributed by atoms with van der Waals surface area (Å²) >= 11 is 0. The number of hydrogen-bond acceptors (Lipinski definition) is 5. The first-order valence-electron chi connectivity index (χ1n) is 8.43. The first-order chi connectivity index (χ1) is 11.2. The molecule has 0 aliphatic carbocycles. The summed E-state index contributed by atoms with van der Waals surface area (Å²) in [6.45, 7) is 6.84. The number of ether oxygens (including phenoxy) is 3. The Hall–Kier alpha value is -1.46. The van der Waals surface area contributed by atoms with Crippen LogP contribution in [0.2, 0.25) is 0 Å². The third kappa shape index (κ3) is 3.26. The molecule has 0 saturated carbocycles. The maximum absolute atomic E-state index is 5.47. The van der Waals surface area contributed by atoms with E-state index in [0.29, 0.717) is 11.8 Å². The van der Waals surface area contributed by atoms with E-state index in [-0.39, 0.29) is 0 Å². The van der Waals surface area contributed by atoms with Crippen LogP contribution in [0.5, 0.6) is 17.2 Å². The molecule has 0 spiro atoms. The van der Waals surface area contributed by atoms with Crippen LogP contribution < -0.4 is 14.2 Å². The third-order valence-electron chi connectivity index (χ3n) is 5.18. The lowest BCUT2D eigenvalue weighted by atomic mass is 10.1. The van der Waals surface area contributed by atoms with Gasteiger partial charge in [-0.3, -0.25) is 9.80 Å². The highest BCUT2D eigenvalue weighted by atomic mass is 16.5. The molecule has 3 rings (SSSR count). The molecule has 2 saturated heterocycles. The van der Waals surface area contributed by atoms with Gasteiger partial charge in [0, 0.05) is 31.7 Å². The second-order valence-electron chi connectivity index (χ2n) is 6.60. The van der Waals surface area contributed by atoms with Crippen LogP contribution >= 0.6 is 0 Å². The van der Waals surface area contributed by atoms with Crippen molar-refractivity contribution in [1.82, 2.24) is 9.80 Å². The quantitative estimate of drug-likeness (QED) is 0.832. The predicted octanol–water partition coefficient (Wildman–Crippen LogP) is 2.38. The zero-order chi connectivity index (χ0) is 16.4. The Morgan fingerprint density at radius 2 is 1.74 bits per heavy atom. The van der Waals surface area contributed by atoms with Crippen molar-refractivity contribution in [1.29, 1.82) is 0 Å². The van der Waals surface area contributed by atoms with Gasteiger partial charge in [0.25, 0.3) is 0 Å². The number of rotatable bonds is 5. The SMILES string of the molecule is COc1cc(CN2CC3CCCN3C[C@@H]2C)cc(OC)c1OC. The van der Waals surface area contributed by atoms with Crippen molar-refractivity contribution in [3.05, 3.63) is 17.7 Å². The summed E-state index contributed by atoms with van der Waals surface area (Å²) < 4.78 is 16.4. The fourth-order valence-corrected chi connectivity index (χ4v) is 3.93. The Labute approximate surface area is 139 Å². The van der Waals surface area contributed by atoms with E-state index in [1.165, 1.54) is 31.5 Å². The Morgan fingerprint density at radius 1 is 1.04 bits per heavy atom. The molecule has 2 atom stereocenters. The van der Waals surface area contributed by atoms with E-state index in [1.54, 1.807) is 21.3 Å². The molecule has 0 bridgehead atoms. The molecule has 1 aromatic carbocycles. The molecule has 2 aliphatic heterocycles. The third-order valence-corrected chi connectivity index (χ3v) is 5.18. The van der Waals surface area contributed by atoms with Crippen molar-refractivity contribution in [3.63, 3.8) is 0 Å². The maximum atomic E-state index is 5.47. The Balaban J connectivity index is 1.79. The molecule has 0 aromatic heterocycles. The van der Waals surface area contributed by atoms with Crippen LogP contribution in [-0.4, -0.2) is 62.8 Å². The molecular weight excluding hydrogens is 292 g/mol. The van der Waals surface area contributed by atoms with Gasteiger partial charge >= 0.3 is 0 Å². The van der Waals surface area contributed by atoms with E-state index in [2.05, 4.69) is 28.9 Å². The van der Waals surface area contributed by atoms with Gasteiger partial charge in [-0.15, -0.1) is 0 Å². The number of nitrogens with zero attached hydrogens (tertiary/aromatic N) is 2. The molecule has 1 aromatic rings. The van der Waals surface area contributed by atoms with Crippen LogP contribution in [0, 0.1) is 0 Å². The van der Waals surface area contributed by atoms with Gasteiger partial charge in [0.1, 0.15) is 0 Å². The second-order valence-corrected chi connectivity index (χ2v) is 6.60. The lowest BCUT2D eigenvalue weighted by Gasteiger charge is -2.42. The van der Waals surface area contributed by atoms with Crippen LogP contribution in [-0.2, 0) is 6.54 Å². The molecular formula is C18H28N2O3. The van der Waals surface area contributed by atoms with Gasteiger partial charge in [-0.05, 0) is 44.0 Å². The van der Waals surface area contributed by atoms with Crippen molar-refractivity contribution >= 4 is 0 Å². The first-order valence-corrected chi connectivity index (χ1v) is 8.43. The minimum Gasteiger partial charge on any atom is -0.493 e. The van der Waals surface area contributed by atoms with E-state index < -0.39 is 0 Å². The predicted molar refractivity (Wildman–Crippen MR) is 90.6 cm³/mol. The van der Waals surface area contributed by atoms with Gasteiger partial charge in [0.2, 0.25) is 5.75 Å². The summed E-state index contributed by atoms with van der Waals surface area (Å²) in [7, 11) is 4.98. The molecule has 2 aliphatic rings. The van der Waals surface area contributed by atoms with E-state index in [4.69, 9.17) is 14.2 Å². The molecule has 128 valence electrons. The molecule has 0 radical (unpaired) electrons. The summed E-state index contributed by atoms with van der Waals surface area (Å²) in [6.07, 6.45) is 2.67. The summed E-state index contributed by atoms with van der Waals surface area (Å²) in [5.41, 5.74) is 1.21. The highest BCUT2D eigenvalue weighted by Crippen LogP contribution is 2.39. The zero-order valence-electron chi connectivity index (χ0n) is 14.7. The first kappa shape index (κ1) is 16.4. The highest BCUT2D eigenvalue weighted by Gasteiger charge is 2.34. The lowest BCUT2D eigenvalue weighted by molar-refractivity contribution is 0.0539. The van der Waals surface area contributed by atoms with Crippen molar-refractivity contribution in [2.75, 3.05) is 41.0 Å². The Morgan fingerprint density at radius 3 is 2.35 bits per heavy atom. The van der Waals surface area contributed by atoms with Crippen LogP contribution in [0.1, 0.15) is 25.3 Å². The summed E-state index contributed by atoms with van der Waals surface area (Å²) in [4.78, 5) is 5.23. The fourth-order valence-electron chi connectivity index (χ4n) is 3.93. The largest absolute Gasteiger partial charge is 0.493 e. The normalized spacial score (nSPS) is 25.2. The van der Waals surface area contributed by atoms with Gasteiger partial charge in [0.15, 0.2) is 11.5 Å². The summed E-state index contributed by atoms with van der Waals surface area (Å²) in [6, 6.07) is 5.43. The van der Waals surface area contributed by atoms with E-state index in [9.17, 15) is 0 Å². The van der Waals surface area contributed by atoms with Crippen molar-refractivity contribution in [3.8, 4) is 17.2 Å². The molecule has 5 heteroatoms. The number of piperazine rings is 1. The van der Waals surface area contributed by atoms with Gasteiger partial charge < -0.3 is 14.2 Å². The Kier molecular flexibility index (Phi) is 4.97. The second kappa shape index (κ2) is 6.97. The van der Waals surface area contributed by atoms with Crippen LogP contribution in [0.15, 0.2) is 12.1 Å². The topological polar surface area (TPSA) is 34.2 Å². The van der Waals surface area contributed by atoms with Crippen molar-refractivity contribution in [2.24, 2.45) is 0 Å². The van der Waals surface area contributed by atoms with Gasteiger partial charge in [0.05, 0.1) is 21.3 Å². The van der Waals surface area contributed by atoms with Crippen molar-refractivity contribution < 1.29 is 14.2 Å². The number of fused-ring (bicyclic) bond motifs is 1. The molecule has 5 nitrogen and oxygen atoms in total. The molecule has 2 heterocycles. The molecule has 23 heavy (non-hydrogen) atoms. The zero-order valence-corrected chi connectivity index (χ0v) is 14.7. The van der Waals surface area contributed by atoms with E-state index in [1.807, 2.05) is 0 Å². The Bertz CT molecular complexity index is 524. The molecule has 1 unspecified atom stereocenters.